The van der Waals surface area contributed by atoms with Crippen LogP contribution in [0.15, 0.2) is 30.3 Å². The lowest BCUT2D eigenvalue weighted by Crippen LogP contribution is -2.21. The molecule has 1 aliphatic rings. The largest absolute Gasteiger partial charge is 0.373 e. The molecule has 1 N–H and O–H groups in total. The molecule has 3 rings (SSSR count). The Labute approximate surface area is 130 Å². The normalized spacial score (nSPS) is 17.6. The van der Waals surface area contributed by atoms with Gasteiger partial charge in [0.2, 0.25) is 0 Å². The summed E-state index contributed by atoms with van der Waals surface area (Å²) < 4.78 is 31.5. The van der Waals surface area contributed by atoms with Crippen molar-refractivity contribution in [1.82, 2.24) is 5.32 Å². The standard InChI is InChI=1S/C16H15F2NO2S/c17-11-4-3-10(8-12(11)18)9-19-16(20)15-6-5-14(22-15)13-2-1-7-21-13/h3-6,8,13H,1-2,7,9H2,(H,19,20). The Kier molecular flexibility index (Phi) is 4.49. The summed E-state index contributed by atoms with van der Waals surface area (Å²) in [6.45, 7) is 0.920. The molecule has 1 aliphatic heterocycles. The quantitative estimate of drug-likeness (QED) is 0.929. The number of amides is 1. The van der Waals surface area contributed by atoms with Gasteiger partial charge in [-0.3, -0.25) is 4.79 Å². The predicted molar refractivity (Wildman–Crippen MR) is 79.8 cm³/mol. The first-order chi connectivity index (χ1) is 10.6. The van der Waals surface area contributed by atoms with Crippen molar-refractivity contribution in [2.75, 3.05) is 6.61 Å². The maximum absolute atomic E-state index is 13.1. The minimum Gasteiger partial charge on any atom is -0.373 e. The first-order valence-electron chi connectivity index (χ1n) is 7.07. The molecule has 2 aromatic rings. The van der Waals surface area contributed by atoms with Crippen molar-refractivity contribution in [2.45, 2.75) is 25.5 Å². The zero-order chi connectivity index (χ0) is 15.5. The van der Waals surface area contributed by atoms with Crippen LogP contribution in [0.5, 0.6) is 0 Å². The van der Waals surface area contributed by atoms with Crippen LogP contribution in [0.3, 0.4) is 0 Å². The van der Waals surface area contributed by atoms with E-state index >= 15 is 0 Å². The van der Waals surface area contributed by atoms with Gasteiger partial charge >= 0.3 is 0 Å². The van der Waals surface area contributed by atoms with Gasteiger partial charge in [0.1, 0.15) is 0 Å². The average molecular weight is 323 g/mol. The summed E-state index contributed by atoms with van der Waals surface area (Å²) in [5.74, 6) is -2.03. The highest BCUT2D eigenvalue weighted by molar-refractivity contribution is 7.14. The van der Waals surface area contributed by atoms with E-state index in [0.29, 0.717) is 10.4 Å². The fraction of sp³-hybridized carbons (Fsp3) is 0.312. The summed E-state index contributed by atoms with van der Waals surface area (Å²) in [7, 11) is 0. The Hall–Kier alpha value is -1.79. The number of ether oxygens (including phenoxy) is 1. The molecule has 3 nitrogen and oxygen atoms in total. The van der Waals surface area contributed by atoms with E-state index in [2.05, 4.69) is 5.32 Å². The van der Waals surface area contributed by atoms with Gasteiger partial charge in [0.05, 0.1) is 11.0 Å². The molecule has 2 heterocycles. The minimum absolute atomic E-state index is 0.0951. The van der Waals surface area contributed by atoms with Crippen molar-refractivity contribution in [3.63, 3.8) is 0 Å². The number of hydrogen-bond donors (Lipinski definition) is 1. The average Bonchev–Trinajstić information content (AvgIpc) is 3.18. The summed E-state index contributed by atoms with van der Waals surface area (Å²) in [6.07, 6.45) is 2.12. The molecule has 0 spiro atoms. The van der Waals surface area contributed by atoms with Crippen LogP contribution in [-0.2, 0) is 11.3 Å². The first kappa shape index (κ1) is 15.1. The number of benzene rings is 1. The smallest absolute Gasteiger partial charge is 0.261 e. The van der Waals surface area contributed by atoms with Crippen molar-refractivity contribution < 1.29 is 18.3 Å². The molecule has 1 unspecified atom stereocenters. The Morgan fingerprint density at radius 1 is 1.27 bits per heavy atom. The van der Waals surface area contributed by atoms with Gasteiger partial charge in [-0.05, 0) is 42.7 Å². The molecule has 0 saturated carbocycles. The second-order valence-electron chi connectivity index (χ2n) is 5.13. The maximum Gasteiger partial charge on any atom is 0.261 e. The Bertz CT molecular complexity index is 681. The molecular weight excluding hydrogens is 308 g/mol. The van der Waals surface area contributed by atoms with Crippen molar-refractivity contribution >= 4 is 17.2 Å². The number of carbonyl (C=O) groups is 1. The number of nitrogens with one attached hydrogen (secondary N) is 1. The van der Waals surface area contributed by atoms with E-state index in [1.165, 1.54) is 17.4 Å². The lowest BCUT2D eigenvalue weighted by Gasteiger charge is -2.06. The summed E-state index contributed by atoms with van der Waals surface area (Å²) in [5, 5.41) is 2.71. The molecule has 1 aromatic carbocycles. The molecule has 1 fully saturated rings. The van der Waals surface area contributed by atoms with Gasteiger partial charge in [0.15, 0.2) is 11.6 Å². The number of rotatable bonds is 4. The van der Waals surface area contributed by atoms with Crippen LogP contribution in [0, 0.1) is 11.6 Å². The highest BCUT2D eigenvalue weighted by atomic mass is 32.1. The molecule has 1 aromatic heterocycles. The van der Waals surface area contributed by atoms with Crippen molar-refractivity contribution in [3.8, 4) is 0 Å². The van der Waals surface area contributed by atoms with Gasteiger partial charge in [-0.1, -0.05) is 6.07 Å². The van der Waals surface area contributed by atoms with Crippen molar-refractivity contribution in [1.29, 1.82) is 0 Å². The molecule has 0 radical (unpaired) electrons. The van der Waals surface area contributed by atoms with E-state index in [0.717, 1.165) is 36.5 Å². The summed E-state index contributed by atoms with van der Waals surface area (Å²) >= 11 is 1.41. The molecule has 116 valence electrons. The van der Waals surface area contributed by atoms with Crippen molar-refractivity contribution in [2.24, 2.45) is 0 Å². The fourth-order valence-electron chi connectivity index (χ4n) is 2.37. The third-order valence-electron chi connectivity index (χ3n) is 3.53. The van der Waals surface area contributed by atoms with E-state index in [-0.39, 0.29) is 18.6 Å². The Balaban J connectivity index is 1.60. The van der Waals surface area contributed by atoms with Gasteiger partial charge in [-0.25, -0.2) is 8.78 Å². The van der Waals surface area contributed by atoms with Gasteiger partial charge in [-0.15, -0.1) is 11.3 Å². The number of halogens is 2. The lowest BCUT2D eigenvalue weighted by atomic mass is 10.2. The molecule has 1 atom stereocenters. The van der Waals surface area contributed by atoms with Crippen LogP contribution in [-0.4, -0.2) is 12.5 Å². The van der Waals surface area contributed by atoms with E-state index in [1.54, 1.807) is 6.07 Å². The molecule has 0 aliphatic carbocycles. The SMILES string of the molecule is O=C(NCc1ccc(F)c(F)c1)c1ccc(C2CCCO2)s1. The molecule has 1 amide bonds. The molecular formula is C16H15F2NO2S. The highest BCUT2D eigenvalue weighted by Gasteiger charge is 2.20. The number of thiophene rings is 1. The molecule has 6 heteroatoms. The van der Waals surface area contributed by atoms with E-state index in [4.69, 9.17) is 4.74 Å². The van der Waals surface area contributed by atoms with Gasteiger partial charge in [0, 0.05) is 18.0 Å². The third-order valence-corrected chi connectivity index (χ3v) is 4.71. The predicted octanol–water partition coefficient (Wildman–Crippen LogP) is 3.81. The second-order valence-corrected chi connectivity index (χ2v) is 6.25. The monoisotopic (exact) mass is 323 g/mol. The topological polar surface area (TPSA) is 38.3 Å². The van der Waals surface area contributed by atoms with Crippen molar-refractivity contribution in [3.05, 3.63) is 57.3 Å². The lowest BCUT2D eigenvalue weighted by molar-refractivity contribution is 0.0955. The van der Waals surface area contributed by atoms with Crippen LogP contribution in [0.25, 0.3) is 0 Å². The Morgan fingerprint density at radius 2 is 2.14 bits per heavy atom. The van der Waals surface area contributed by atoms with Crippen LogP contribution in [0.1, 0.15) is 39.1 Å². The zero-order valence-corrected chi connectivity index (χ0v) is 12.6. The van der Waals surface area contributed by atoms with Crippen LogP contribution < -0.4 is 5.32 Å². The number of hydrogen-bond acceptors (Lipinski definition) is 3. The maximum atomic E-state index is 13.1. The molecule has 22 heavy (non-hydrogen) atoms. The summed E-state index contributed by atoms with van der Waals surface area (Å²) in [6, 6.07) is 7.26. The van der Waals surface area contributed by atoms with Crippen LogP contribution in [0.2, 0.25) is 0 Å². The minimum atomic E-state index is -0.913. The van der Waals surface area contributed by atoms with Gasteiger partial charge in [-0.2, -0.15) is 0 Å². The first-order valence-corrected chi connectivity index (χ1v) is 7.88. The summed E-state index contributed by atoms with van der Waals surface area (Å²) in [4.78, 5) is 13.7. The molecule has 1 saturated heterocycles. The van der Waals surface area contributed by atoms with Crippen LogP contribution in [0.4, 0.5) is 8.78 Å². The van der Waals surface area contributed by atoms with Crippen LogP contribution >= 0.6 is 11.3 Å². The number of carbonyl (C=O) groups excluding carboxylic acids is 1. The van der Waals surface area contributed by atoms with Gasteiger partial charge < -0.3 is 10.1 Å². The van der Waals surface area contributed by atoms with Gasteiger partial charge in [0.25, 0.3) is 5.91 Å². The third kappa shape index (κ3) is 3.34. The molecule has 0 bridgehead atoms. The second kappa shape index (κ2) is 6.54. The Morgan fingerprint density at radius 3 is 2.86 bits per heavy atom. The fourth-order valence-corrected chi connectivity index (χ4v) is 3.38. The van der Waals surface area contributed by atoms with E-state index in [9.17, 15) is 13.6 Å². The van der Waals surface area contributed by atoms with E-state index in [1.807, 2.05) is 6.07 Å². The van der Waals surface area contributed by atoms with E-state index < -0.39 is 11.6 Å². The highest BCUT2D eigenvalue weighted by Crippen LogP contribution is 2.33. The zero-order valence-electron chi connectivity index (χ0n) is 11.8. The summed E-state index contributed by atoms with van der Waals surface area (Å²) in [5.41, 5.74) is 0.517.